The number of fused-ring (bicyclic) bond motifs is 2. The summed E-state index contributed by atoms with van der Waals surface area (Å²) in [5.74, 6) is 0. The lowest BCUT2D eigenvalue weighted by molar-refractivity contribution is 0.482. The highest BCUT2D eigenvalue weighted by Gasteiger charge is 2.18. The SMILES string of the molecule is O=S(=O)(O)c1cccc2cc3cccc(S(=O)(=O)O)c3cc12. The van der Waals surface area contributed by atoms with Gasteiger partial charge >= 0.3 is 0 Å². The zero-order valence-corrected chi connectivity index (χ0v) is 12.6. The summed E-state index contributed by atoms with van der Waals surface area (Å²) in [4.78, 5) is -0.644. The van der Waals surface area contributed by atoms with Crippen molar-refractivity contribution < 1.29 is 25.9 Å². The second-order valence-electron chi connectivity index (χ2n) is 4.76. The van der Waals surface area contributed by atoms with Crippen LogP contribution in [-0.4, -0.2) is 25.9 Å². The van der Waals surface area contributed by atoms with Crippen molar-refractivity contribution in [3.8, 4) is 0 Å². The molecule has 8 heteroatoms. The van der Waals surface area contributed by atoms with Crippen LogP contribution in [0.2, 0.25) is 0 Å². The average Bonchev–Trinajstić information content (AvgIpc) is 2.41. The minimum Gasteiger partial charge on any atom is -0.282 e. The molecule has 3 aromatic carbocycles. The Bertz CT molecular complexity index is 1030. The van der Waals surface area contributed by atoms with Crippen LogP contribution in [0.15, 0.2) is 58.3 Å². The molecule has 0 atom stereocenters. The minimum absolute atomic E-state index is 0.175. The van der Waals surface area contributed by atoms with Crippen LogP contribution >= 0.6 is 0 Å². The Balaban J connectivity index is 2.56. The maximum absolute atomic E-state index is 11.5. The fraction of sp³-hybridized carbons (Fsp3) is 0. The Morgan fingerprint density at radius 3 is 1.41 bits per heavy atom. The number of rotatable bonds is 2. The van der Waals surface area contributed by atoms with Gasteiger partial charge in [0.05, 0.1) is 0 Å². The molecular formula is C14H10O6S2. The molecule has 114 valence electrons. The van der Waals surface area contributed by atoms with Crippen LogP contribution in [0.1, 0.15) is 0 Å². The van der Waals surface area contributed by atoms with E-state index in [2.05, 4.69) is 0 Å². The summed E-state index contributed by atoms with van der Waals surface area (Å²) in [6.45, 7) is 0. The standard InChI is InChI=1S/C14H10O6S2/c15-21(16,17)13-5-1-3-9-7-10-4-2-6-14(22(18,19)20)12(10)8-11(9)13/h1-8H,(H,15,16,17)(H,18,19,20). The topological polar surface area (TPSA) is 109 Å². The van der Waals surface area contributed by atoms with Gasteiger partial charge in [0.2, 0.25) is 0 Å². The molecule has 0 spiro atoms. The van der Waals surface area contributed by atoms with E-state index in [1.807, 2.05) is 0 Å². The number of benzene rings is 3. The maximum Gasteiger partial charge on any atom is 0.295 e. The molecule has 0 aliphatic heterocycles. The van der Waals surface area contributed by atoms with E-state index in [0.29, 0.717) is 10.8 Å². The van der Waals surface area contributed by atoms with E-state index in [9.17, 15) is 25.9 Å². The first kappa shape index (κ1) is 14.9. The highest BCUT2D eigenvalue weighted by Crippen LogP contribution is 2.31. The second-order valence-corrected chi connectivity index (χ2v) is 7.54. The van der Waals surface area contributed by atoms with E-state index in [-0.39, 0.29) is 20.6 Å². The number of hydrogen-bond acceptors (Lipinski definition) is 4. The zero-order valence-electron chi connectivity index (χ0n) is 11.0. The first-order valence-electron chi connectivity index (χ1n) is 6.08. The zero-order chi connectivity index (χ0) is 16.1. The van der Waals surface area contributed by atoms with Crippen molar-refractivity contribution in [2.75, 3.05) is 0 Å². The van der Waals surface area contributed by atoms with Crippen molar-refractivity contribution >= 4 is 41.8 Å². The highest BCUT2D eigenvalue weighted by molar-refractivity contribution is 7.86. The normalized spacial score (nSPS) is 12.8. The molecule has 0 radical (unpaired) electrons. The van der Waals surface area contributed by atoms with E-state index in [4.69, 9.17) is 0 Å². The fourth-order valence-electron chi connectivity index (χ4n) is 2.44. The molecule has 0 amide bonds. The average molecular weight is 338 g/mol. The molecule has 0 bridgehead atoms. The molecule has 0 aliphatic rings. The van der Waals surface area contributed by atoms with Crippen molar-refractivity contribution in [3.05, 3.63) is 48.5 Å². The monoisotopic (exact) mass is 338 g/mol. The summed E-state index contributed by atoms with van der Waals surface area (Å²) < 4.78 is 64.4. The second kappa shape index (κ2) is 4.75. The quantitative estimate of drug-likeness (QED) is 0.549. The van der Waals surface area contributed by atoms with Gasteiger partial charge in [0.1, 0.15) is 9.79 Å². The van der Waals surface area contributed by atoms with E-state index in [1.54, 1.807) is 18.2 Å². The van der Waals surface area contributed by atoms with Crippen molar-refractivity contribution in [2.45, 2.75) is 9.79 Å². The summed E-state index contributed by atoms with van der Waals surface area (Å²) in [6, 6.07) is 11.6. The van der Waals surface area contributed by atoms with Crippen LogP contribution in [0.25, 0.3) is 21.5 Å². The molecule has 0 saturated carbocycles. The lowest BCUT2D eigenvalue weighted by Gasteiger charge is -2.08. The van der Waals surface area contributed by atoms with E-state index < -0.39 is 20.2 Å². The van der Waals surface area contributed by atoms with Crippen LogP contribution in [0.4, 0.5) is 0 Å². The largest absolute Gasteiger partial charge is 0.295 e. The van der Waals surface area contributed by atoms with Gasteiger partial charge in [-0.15, -0.1) is 0 Å². The van der Waals surface area contributed by atoms with Crippen LogP contribution in [0.5, 0.6) is 0 Å². The van der Waals surface area contributed by atoms with Crippen molar-refractivity contribution in [1.82, 2.24) is 0 Å². The molecule has 0 aromatic heterocycles. The van der Waals surface area contributed by atoms with Gasteiger partial charge in [-0.2, -0.15) is 16.8 Å². The maximum atomic E-state index is 11.5. The molecule has 22 heavy (non-hydrogen) atoms. The Hall–Kier alpha value is -2.00. The Labute approximate surface area is 126 Å². The van der Waals surface area contributed by atoms with Gasteiger partial charge in [0.15, 0.2) is 0 Å². The lowest BCUT2D eigenvalue weighted by atomic mass is 10.0. The van der Waals surface area contributed by atoms with Crippen molar-refractivity contribution in [3.63, 3.8) is 0 Å². The fourth-order valence-corrected chi connectivity index (χ4v) is 3.85. The Morgan fingerprint density at radius 2 is 1.05 bits per heavy atom. The Kier molecular flexibility index (Phi) is 3.22. The molecular weight excluding hydrogens is 328 g/mol. The molecule has 0 heterocycles. The minimum atomic E-state index is -4.46. The third-order valence-corrected chi connectivity index (χ3v) is 5.18. The summed E-state index contributed by atoms with van der Waals surface area (Å²) in [5, 5.41) is 1.40. The van der Waals surface area contributed by atoms with Crippen LogP contribution in [0, 0.1) is 0 Å². The Morgan fingerprint density at radius 1 is 0.636 bits per heavy atom. The predicted octanol–water partition coefficient (Wildman–Crippen LogP) is 2.49. The van der Waals surface area contributed by atoms with Crippen molar-refractivity contribution in [1.29, 1.82) is 0 Å². The molecule has 6 nitrogen and oxygen atoms in total. The molecule has 2 N–H and O–H groups in total. The summed E-state index contributed by atoms with van der Waals surface area (Å²) in [6.07, 6.45) is 0. The van der Waals surface area contributed by atoms with E-state index in [0.717, 1.165) is 0 Å². The van der Waals surface area contributed by atoms with Gasteiger partial charge in [-0.25, -0.2) is 0 Å². The molecule has 0 saturated heterocycles. The third-order valence-electron chi connectivity index (χ3n) is 3.36. The van der Waals surface area contributed by atoms with E-state index in [1.165, 1.54) is 30.3 Å². The van der Waals surface area contributed by atoms with Crippen LogP contribution < -0.4 is 0 Å². The van der Waals surface area contributed by atoms with E-state index >= 15 is 0 Å². The van der Waals surface area contributed by atoms with Gasteiger partial charge in [-0.1, -0.05) is 24.3 Å². The van der Waals surface area contributed by atoms with Crippen LogP contribution in [0.3, 0.4) is 0 Å². The number of hydrogen-bond donors (Lipinski definition) is 2. The molecule has 0 unspecified atom stereocenters. The summed E-state index contributed by atoms with van der Waals surface area (Å²) in [7, 11) is -8.92. The molecule has 0 aliphatic carbocycles. The van der Waals surface area contributed by atoms with Crippen molar-refractivity contribution in [2.24, 2.45) is 0 Å². The third kappa shape index (κ3) is 2.46. The summed E-state index contributed by atoms with van der Waals surface area (Å²) in [5.41, 5.74) is 0. The lowest BCUT2D eigenvalue weighted by Crippen LogP contribution is -2.01. The summed E-state index contributed by atoms with van der Waals surface area (Å²) >= 11 is 0. The van der Waals surface area contributed by atoms with Gasteiger partial charge in [-0.3, -0.25) is 9.11 Å². The smallest absolute Gasteiger partial charge is 0.282 e. The van der Waals surface area contributed by atoms with Gasteiger partial charge in [0.25, 0.3) is 20.2 Å². The molecule has 0 fully saturated rings. The van der Waals surface area contributed by atoms with Gasteiger partial charge in [-0.05, 0) is 35.0 Å². The molecule has 3 aromatic rings. The first-order valence-corrected chi connectivity index (χ1v) is 8.96. The highest BCUT2D eigenvalue weighted by atomic mass is 32.2. The van der Waals surface area contributed by atoms with Gasteiger partial charge < -0.3 is 0 Å². The van der Waals surface area contributed by atoms with Gasteiger partial charge in [0, 0.05) is 10.8 Å². The predicted molar refractivity (Wildman–Crippen MR) is 81.1 cm³/mol. The van der Waals surface area contributed by atoms with Crippen LogP contribution in [-0.2, 0) is 20.2 Å². The molecule has 3 rings (SSSR count). The first-order chi connectivity index (χ1) is 10.2.